The van der Waals surface area contributed by atoms with Gasteiger partial charge in [-0.25, -0.2) is 0 Å². The molecular weight excluding hydrogens is 212 g/mol. The number of rotatable bonds is 6. The Kier molecular flexibility index (Phi) is 3.94. The van der Waals surface area contributed by atoms with Gasteiger partial charge in [-0.15, -0.1) is 5.10 Å². The molecule has 1 aliphatic rings. The monoisotopic (exact) mass is 234 g/mol. The molecule has 0 spiro atoms. The van der Waals surface area contributed by atoms with Crippen molar-refractivity contribution >= 4 is 5.82 Å². The Morgan fingerprint density at radius 2 is 2.12 bits per heavy atom. The molecule has 0 atom stereocenters. The molecule has 0 bridgehead atoms. The van der Waals surface area contributed by atoms with E-state index >= 15 is 0 Å². The molecular formula is C13H22N4. The quantitative estimate of drug-likeness (QED) is 0.815. The Balaban J connectivity index is 2.06. The lowest BCUT2D eigenvalue weighted by molar-refractivity contribution is 0.629. The first-order valence-corrected chi connectivity index (χ1v) is 6.44. The highest BCUT2D eigenvalue weighted by molar-refractivity contribution is 5.38. The zero-order chi connectivity index (χ0) is 12.3. The molecule has 1 aliphatic carbocycles. The van der Waals surface area contributed by atoms with Crippen LogP contribution >= 0.6 is 0 Å². The molecule has 94 valence electrons. The fourth-order valence-corrected chi connectivity index (χ4v) is 1.93. The molecule has 1 fully saturated rings. The molecule has 0 radical (unpaired) electrons. The van der Waals surface area contributed by atoms with Gasteiger partial charge in [-0.2, -0.15) is 5.10 Å². The summed E-state index contributed by atoms with van der Waals surface area (Å²) in [6.07, 6.45) is 2.74. The van der Waals surface area contributed by atoms with E-state index in [0.717, 1.165) is 30.5 Å². The van der Waals surface area contributed by atoms with E-state index in [1.54, 1.807) is 0 Å². The molecule has 0 aromatic carbocycles. The summed E-state index contributed by atoms with van der Waals surface area (Å²) in [5, 5.41) is 11.7. The molecule has 0 amide bonds. The Morgan fingerprint density at radius 1 is 1.35 bits per heavy atom. The first-order valence-electron chi connectivity index (χ1n) is 6.44. The van der Waals surface area contributed by atoms with E-state index in [4.69, 9.17) is 0 Å². The van der Waals surface area contributed by atoms with Gasteiger partial charge in [-0.1, -0.05) is 0 Å². The molecule has 1 heterocycles. The molecule has 2 rings (SSSR count). The number of anilines is 1. The lowest BCUT2D eigenvalue weighted by atomic mass is 10.2. The summed E-state index contributed by atoms with van der Waals surface area (Å²) in [5.41, 5.74) is 0.992. The zero-order valence-corrected chi connectivity index (χ0v) is 11.0. The molecule has 1 N–H and O–H groups in total. The van der Waals surface area contributed by atoms with Crippen molar-refractivity contribution in [1.29, 1.82) is 0 Å². The van der Waals surface area contributed by atoms with Crippen molar-refractivity contribution in [2.45, 2.75) is 39.3 Å². The van der Waals surface area contributed by atoms with Crippen LogP contribution in [-0.4, -0.2) is 29.8 Å². The van der Waals surface area contributed by atoms with Gasteiger partial charge in [-0.05, 0) is 51.8 Å². The minimum Gasteiger partial charge on any atom is -0.352 e. The Labute approximate surface area is 103 Å². The van der Waals surface area contributed by atoms with Crippen LogP contribution in [-0.2, 0) is 6.54 Å². The summed E-state index contributed by atoms with van der Waals surface area (Å²) in [4.78, 5) is 2.35. The summed E-state index contributed by atoms with van der Waals surface area (Å²) in [6, 6.07) is 4.63. The number of aromatic nitrogens is 2. The van der Waals surface area contributed by atoms with Gasteiger partial charge in [0.1, 0.15) is 0 Å². The van der Waals surface area contributed by atoms with Crippen molar-refractivity contribution in [3.05, 3.63) is 17.8 Å². The lowest BCUT2D eigenvalue weighted by Crippen LogP contribution is -2.33. The highest BCUT2D eigenvalue weighted by atomic mass is 15.3. The van der Waals surface area contributed by atoms with Crippen molar-refractivity contribution in [2.75, 3.05) is 18.5 Å². The Hall–Kier alpha value is -1.16. The maximum absolute atomic E-state index is 4.34. The van der Waals surface area contributed by atoms with Gasteiger partial charge in [0, 0.05) is 19.1 Å². The summed E-state index contributed by atoms with van der Waals surface area (Å²) >= 11 is 0. The van der Waals surface area contributed by atoms with Crippen LogP contribution < -0.4 is 10.2 Å². The first kappa shape index (κ1) is 12.3. The van der Waals surface area contributed by atoms with Crippen molar-refractivity contribution < 1.29 is 0 Å². The largest absolute Gasteiger partial charge is 0.352 e. The second-order valence-electron chi connectivity index (χ2n) is 5.10. The maximum atomic E-state index is 4.34. The van der Waals surface area contributed by atoms with Crippen LogP contribution in [0.25, 0.3) is 0 Å². The van der Waals surface area contributed by atoms with Gasteiger partial charge in [0.25, 0.3) is 0 Å². The smallest absolute Gasteiger partial charge is 0.151 e. The SMILES string of the molecule is CNCc1ccc(N(CC2CC2)C(C)C)nn1. The van der Waals surface area contributed by atoms with Crippen molar-refractivity contribution in [3.8, 4) is 0 Å². The first-order chi connectivity index (χ1) is 8.20. The molecule has 17 heavy (non-hydrogen) atoms. The number of nitrogens with one attached hydrogen (secondary N) is 1. The van der Waals surface area contributed by atoms with E-state index in [1.807, 2.05) is 7.05 Å². The van der Waals surface area contributed by atoms with Crippen LogP contribution in [0, 0.1) is 5.92 Å². The highest BCUT2D eigenvalue weighted by Crippen LogP contribution is 2.31. The molecule has 0 saturated heterocycles. The molecule has 4 nitrogen and oxygen atoms in total. The van der Waals surface area contributed by atoms with E-state index in [9.17, 15) is 0 Å². The van der Waals surface area contributed by atoms with Crippen LogP contribution in [0.4, 0.5) is 5.82 Å². The molecule has 0 unspecified atom stereocenters. The predicted octanol–water partition coefficient (Wildman–Crippen LogP) is 1.82. The summed E-state index contributed by atoms with van der Waals surface area (Å²) in [5.74, 6) is 1.88. The second kappa shape index (κ2) is 5.45. The van der Waals surface area contributed by atoms with E-state index in [1.165, 1.54) is 12.8 Å². The number of hydrogen-bond donors (Lipinski definition) is 1. The number of nitrogens with zero attached hydrogens (tertiary/aromatic N) is 3. The van der Waals surface area contributed by atoms with Gasteiger partial charge >= 0.3 is 0 Å². The van der Waals surface area contributed by atoms with Gasteiger partial charge in [0.2, 0.25) is 0 Å². The Bertz CT molecular complexity index is 343. The molecule has 1 saturated carbocycles. The molecule has 4 heteroatoms. The van der Waals surface area contributed by atoms with Crippen LogP contribution in [0.5, 0.6) is 0 Å². The summed E-state index contributed by atoms with van der Waals surface area (Å²) in [6.45, 7) is 6.33. The minimum atomic E-state index is 0.486. The van der Waals surface area contributed by atoms with E-state index < -0.39 is 0 Å². The van der Waals surface area contributed by atoms with Crippen LogP contribution in [0.1, 0.15) is 32.4 Å². The lowest BCUT2D eigenvalue weighted by Gasteiger charge is -2.27. The van der Waals surface area contributed by atoms with Crippen molar-refractivity contribution in [2.24, 2.45) is 5.92 Å². The third kappa shape index (κ3) is 3.40. The molecule has 0 aliphatic heterocycles. The third-order valence-corrected chi connectivity index (χ3v) is 3.13. The fraction of sp³-hybridized carbons (Fsp3) is 0.692. The Morgan fingerprint density at radius 3 is 2.59 bits per heavy atom. The second-order valence-corrected chi connectivity index (χ2v) is 5.10. The third-order valence-electron chi connectivity index (χ3n) is 3.13. The average molecular weight is 234 g/mol. The van der Waals surface area contributed by atoms with Gasteiger partial charge in [-0.3, -0.25) is 0 Å². The van der Waals surface area contributed by atoms with E-state index in [0.29, 0.717) is 6.04 Å². The number of hydrogen-bond acceptors (Lipinski definition) is 4. The summed E-state index contributed by atoms with van der Waals surface area (Å²) < 4.78 is 0. The topological polar surface area (TPSA) is 41.0 Å². The van der Waals surface area contributed by atoms with Crippen LogP contribution in [0.3, 0.4) is 0 Å². The minimum absolute atomic E-state index is 0.486. The van der Waals surface area contributed by atoms with Gasteiger partial charge in [0.05, 0.1) is 5.69 Å². The van der Waals surface area contributed by atoms with Crippen LogP contribution in [0.15, 0.2) is 12.1 Å². The van der Waals surface area contributed by atoms with E-state index in [-0.39, 0.29) is 0 Å². The predicted molar refractivity (Wildman–Crippen MR) is 70.0 cm³/mol. The van der Waals surface area contributed by atoms with Gasteiger partial charge in [0.15, 0.2) is 5.82 Å². The zero-order valence-electron chi connectivity index (χ0n) is 11.0. The normalized spacial score (nSPS) is 15.3. The van der Waals surface area contributed by atoms with Crippen molar-refractivity contribution in [3.63, 3.8) is 0 Å². The fourth-order valence-electron chi connectivity index (χ4n) is 1.93. The van der Waals surface area contributed by atoms with Gasteiger partial charge < -0.3 is 10.2 Å². The van der Waals surface area contributed by atoms with Crippen LogP contribution in [0.2, 0.25) is 0 Å². The average Bonchev–Trinajstić information content (AvgIpc) is 3.11. The molecule has 1 aromatic heterocycles. The molecule has 1 aromatic rings. The van der Waals surface area contributed by atoms with Crippen molar-refractivity contribution in [1.82, 2.24) is 15.5 Å². The standard InChI is InChI=1S/C13H22N4/c1-10(2)17(9-11-4-5-11)13-7-6-12(8-14-3)15-16-13/h6-7,10-11,14H,4-5,8-9H2,1-3H3. The van der Waals surface area contributed by atoms with E-state index in [2.05, 4.69) is 46.4 Å². The summed E-state index contributed by atoms with van der Waals surface area (Å²) in [7, 11) is 1.92. The highest BCUT2D eigenvalue weighted by Gasteiger charge is 2.26. The maximum Gasteiger partial charge on any atom is 0.151 e.